The molecule has 20 heavy (non-hydrogen) atoms. The first-order valence-electron chi connectivity index (χ1n) is 7.95. The third kappa shape index (κ3) is 4.60. The van der Waals surface area contributed by atoms with Gasteiger partial charge in [0.25, 0.3) is 0 Å². The van der Waals surface area contributed by atoms with Crippen molar-refractivity contribution >= 4 is 0 Å². The molecule has 2 nitrogen and oxygen atoms in total. The van der Waals surface area contributed by atoms with Crippen molar-refractivity contribution in [3.63, 3.8) is 0 Å². The van der Waals surface area contributed by atoms with Gasteiger partial charge in [0.15, 0.2) is 0 Å². The number of ether oxygens (including phenoxy) is 1. The fourth-order valence-corrected chi connectivity index (χ4v) is 3.08. The topological polar surface area (TPSA) is 21.3 Å². The molecule has 0 radical (unpaired) electrons. The quantitative estimate of drug-likeness (QED) is 0.777. The second-order valence-electron chi connectivity index (χ2n) is 5.65. The van der Waals surface area contributed by atoms with E-state index in [4.69, 9.17) is 4.74 Å². The normalized spacial score (nSPS) is 14.3. The average molecular weight is 277 g/mol. The van der Waals surface area contributed by atoms with Crippen LogP contribution in [0.15, 0.2) is 12.1 Å². The van der Waals surface area contributed by atoms with Gasteiger partial charge in [-0.05, 0) is 63.8 Å². The summed E-state index contributed by atoms with van der Waals surface area (Å²) in [6.45, 7) is 14.8. The largest absolute Gasteiger partial charge is 0.377 e. The van der Waals surface area contributed by atoms with E-state index in [-0.39, 0.29) is 0 Å². The van der Waals surface area contributed by atoms with Crippen molar-refractivity contribution in [3.8, 4) is 0 Å². The van der Waals surface area contributed by atoms with E-state index >= 15 is 0 Å². The number of rotatable bonds is 8. The molecule has 2 unspecified atom stereocenters. The minimum atomic E-state index is 0.292. The van der Waals surface area contributed by atoms with Gasteiger partial charge in [0.05, 0.1) is 6.10 Å². The van der Waals surface area contributed by atoms with Crippen molar-refractivity contribution in [2.45, 2.75) is 66.5 Å². The second-order valence-corrected chi connectivity index (χ2v) is 5.65. The van der Waals surface area contributed by atoms with E-state index in [1.807, 2.05) is 0 Å². The zero-order valence-corrected chi connectivity index (χ0v) is 14.0. The molecular weight excluding hydrogens is 246 g/mol. The van der Waals surface area contributed by atoms with Crippen LogP contribution in [0.5, 0.6) is 0 Å². The van der Waals surface area contributed by atoms with E-state index in [0.717, 1.165) is 26.0 Å². The summed E-state index contributed by atoms with van der Waals surface area (Å²) in [5.41, 5.74) is 5.62. The molecule has 1 N–H and O–H groups in total. The zero-order valence-electron chi connectivity index (χ0n) is 14.0. The second kappa shape index (κ2) is 8.43. The Morgan fingerprint density at radius 3 is 2.10 bits per heavy atom. The van der Waals surface area contributed by atoms with E-state index in [2.05, 4.69) is 59.0 Å². The maximum atomic E-state index is 5.92. The highest BCUT2D eigenvalue weighted by molar-refractivity contribution is 5.38. The third-order valence-electron chi connectivity index (χ3n) is 3.96. The van der Waals surface area contributed by atoms with Gasteiger partial charge in [-0.2, -0.15) is 0 Å². The Hall–Kier alpha value is -0.860. The highest BCUT2D eigenvalue weighted by Gasteiger charge is 2.21. The lowest BCUT2D eigenvalue weighted by Gasteiger charge is -2.28. The van der Waals surface area contributed by atoms with Gasteiger partial charge < -0.3 is 10.1 Å². The first kappa shape index (κ1) is 17.2. The summed E-state index contributed by atoms with van der Waals surface area (Å²) in [6, 6.07) is 4.96. The van der Waals surface area contributed by atoms with Crippen LogP contribution in [-0.4, -0.2) is 25.3 Å². The molecule has 0 heterocycles. The van der Waals surface area contributed by atoms with Crippen molar-refractivity contribution in [1.29, 1.82) is 0 Å². The maximum absolute atomic E-state index is 5.92. The van der Waals surface area contributed by atoms with E-state index in [1.165, 1.54) is 22.3 Å². The molecule has 114 valence electrons. The highest BCUT2D eigenvalue weighted by atomic mass is 16.5. The smallest absolute Gasteiger partial charge is 0.0728 e. The third-order valence-corrected chi connectivity index (χ3v) is 3.96. The zero-order chi connectivity index (χ0) is 15.1. The fourth-order valence-electron chi connectivity index (χ4n) is 3.08. The highest BCUT2D eigenvalue weighted by Crippen LogP contribution is 2.20. The molecule has 0 aliphatic heterocycles. The van der Waals surface area contributed by atoms with E-state index in [1.54, 1.807) is 0 Å². The van der Waals surface area contributed by atoms with Crippen LogP contribution in [0.1, 0.15) is 49.4 Å². The first-order valence-corrected chi connectivity index (χ1v) is 7.95. The average Bonchev–Trinajstić information content (AvgIpc) is 2.39. The SMILES string of the molecule is CCNC(Cc1c(C)cc(C)cc1C)C(CC)OCC. The molecule has 0 bridgehead atoms. The molecule has 0 aromatic heterocycles. The van der Waals surface area contributed by atoms with Crippen LogP contribution in [0.2, 0.25) is 0 Å². The monoisotopic (exact) mass is 277 g/mol. The number of benzene rings is 1. The van der Waals surface area contributed by atoms with Gasteiger partial charge in [0, 0.05) is 12.6 Å². The van der Waals surface area contributed by atoms with Gasteiger partial charge in [-0.3, -0.25) is 0 Å². The Morgan fingerprint density at radius 2 is 1.65 bits per heavy atom. The predicted octanol–water partition coefficient (Wildman–Crippen LogP) is 3.95. The lowest BCUT2D eigenvalue weighted by atomic mass is 9.92. The summed E-state index contributed by atoms with van der Waals surface area (Å²) in [5, 5.41) is 3.61. The molecule has 0 aliphatic rings. The van der Waals surface area contributed by atoms with E-state index < -0.39 is 0 Å². The summed E-state index contributed by atoms with van der Waals surface area (Å²) in [4.78, 5) is 0. The number of nitrogens with one attached hydrogen (secondary N) is 1. The molecule has 1 aromatic rings. The van der Waals surface area contributed by atoms with Crippen LogP contribution < -0.4 is 5.32 Å². The van der Waals surface area contributed by atoms with Crippen LogP contribution in [0.4, 0.5) is 0 Å². The Bertz CT molecular complexity index is 391. The molecule has 2 atom stereocenters. The molecule has 0 amide bonds. The molecular formula is C18H31NO. The van der Waals surface area contributed by atoms with Crippen molar-refractivity contribution < 1.29 is 4.74 Å². The number of hydrogen-bond donors (Lipinski definition) is 1. The Morgan fingerprint density at radius 1 is 1.05 bits per heavy atom. The lowest BCUT2D eigenvalue weighted by molar-refractivity contribution is 0.0323. The van der Waals surface area contributed by atoms with Crippen molar-refractivity contribution in [2.24, 2.45) is 0 Å². The van der Waals surface area contributed by atoms with Crippen LogP contribution >= 0.6 is 0 Å². The number of likely N-dealkylation sites (N-methyl/N-ethyl adjacent to an activating group) is 1. The molecule has 2 heteroatoms. The fraction of sp³-hybridized carbons (Fsp3) is 0.667. The lowest BCUT2D eigenvalue weighted by Crippen LogP contribution is -2.43. The van der Waals surface area contributed by atoms with Gasteiger partial charge in [0.2, 0.25) is 0 Å². The number of hydrogen-bond acceptors (Lipinski definition) is 2. The van der Waals surface area contributed by atoms with Gasteiger partial charge in [-0.15, -0.1) is 0 Å². The van der Waals surface area contributed by atoms with Gasteiger partial charge in [-0.1, -0.05) is 31.5 Å². The number of aryl methyl sites for hydroxylation is 3. The van der Waals surface area contributed by atoms with Gasteiger partial charge >= 0.3 is 0 Å². The Labute approximate surface area is 124 Å². The maximum Gasteiger partial charge on any atom is 0.0728 e. The van der Waals surface area contributed by atoms with Gasteiger partial charge in [-0.25, -0.2) is 0 Å². The summed E-state index contributed by atoms with van der Waals surface area (Å²) in [7, 11) is 0. The molecule has 0 saturated heterocycles. The molecule has 1 aromatic carbocycles. The predicted molar refractivity (Wildman–Crippen MR) is 87.5 cm³/mol. The summed E-state index contributed by atoms with van der Waals surface area (Å²) in [5.74, 6) is 0. The van der Waals surface area contributed by atoms with Crippen molar-refractivity contribution in [2.75, 3.05) is 13.2 Å². The summed E-state index contributed by atoms with van der Waals surface area (Å²) >= 11 is 0. The minimum absolute atomic E-state index is 0.292. The van der Waals surface area contributed by atoms with Crippen LogP contribution in [0.3, 0.4) is 0 Å². The molecule has 1 rings (SSSR count). The Kier molecular flexibility index (Phi) is 7.25. The first-order chi connectivity index (χ1) is 9.53. The van der Waals surface area contributed by atoms with Crippen LogP contribution in [0, 0.1) is 20.8 Å². The van der Waals surface area contributed by atoms with E-state index in [0.29, 0.717) is 12.1 Å². The molecule has 0 aliphatic carbocycles. The minimum Gasteiger partial charge on any atom is -0.377 e. The molecule has 0 spiro atoms. The molecule has 0 fully saturated rings. The standard InChI is InChI=1S/C18H31NO/c1-7-18(20-9-3)17(19-8-2)12-16-14(5)10-13(4)11-15(16)6/h10-11,17-19H,7-9,12H2,1-6H3. The van der Waals surface area contributed by atoms with E-state index in [9.17, 15) is 0 Å². The molecule has 0 saturated carbocycles. The summed E-state index contributed by atoms with van der Waals surface area (Å²) in [6.07, 6.45) is 2.39. The van der Waals surface area contributed by atoms with Crippen molar-refractivity contribution in [1.82, 2.24) is 5.32 Å². The van der Waals surface area contributed by atoms with Crippen molar-refractivity contribution in [3.05, 3.63) is 34.4 Å². The summed E-state index contributed by atoms with van der Waals surface area (Å²) < 4.78 is 5.92. The Balaban J connectivity index is 2.95. The van der Waals surface area contributed by atoms with Gasteiger partial charge in [0.1, 0.15) is 0 Å². The van der Waals surface area contributed by atoms with Crippen LogP contribution in [0.25, 0.3) is 0 Å². The van der Waals surface area contributed by atoms with Crippen LogP contribution in [-0.2, 0) is 11.2 Å².